The fourth-order valence-corrected chi connectivity index (χ4v) is 1.97. The van der Waals surface area contributed by atoms with Crippen molar-refractivity contribution in [3.63, 3.8) is 0 Å². The maximum Gasteiger partial charge on any atom is 0.131 e. The average molecular weight is 262 g/mol. The zero-order valence-corrected chi connectivity index (χ0v) is 11.4. The lowest BCUT2D eigenvalue weighted by molar-refractivity contribution is 0.160. The molecule has 3 nitrogen and oxygen atoms in total. The summed E-state index contributed by atoms with van der Waals surface area (Å²) in [6, 6.07) is 6.70. The summed E-state index contributed by atoms with van der Waals surface area (Å²) in [6.45, 7) is 6.28. The van der Waals surface area contributed by atoms with Crippen LogP contribution in [-0.2, 0) is 0 Å². The zero-order chi connectivity index (χ0) is 14.0. The molecule has 0 unspecified atom stereocenters. The second-order valence-corrected chi connectivity index (χ2v) is 5.68. The van der Waals surface area contributed by atoms with Crippen molar-refractivity contribution in [2.75, 3.05) is 6.54 Å². The van der Waals surface area contributed by atoms with Gasteiger partial charge in [-0.05, 0) is 39.0 Å². The van der Waals surface area contributed by atoms with Crippen LogP contribution in [0.1, 0.15) is 32.4 Å². The van der Waals surface area contributed by atoms with Crippen LogP contribution in [0.2, 0.25) is 0 Å². The number of nitrogens with one attached hydrogen (secondary N) is 1. The third-order valence-electron chi connectivity index (χ3n) is 2.92. The molecule has 1 aromatic carbocycles. The average Bonchev–Trinajstić information content (AvgIpc) is 2.35. The molecule has 0 bridgehead atoms. The highest BCUT2D eigenvalue weighted by Crippen LogP contribution is 2.25. The van der Waals surface area contributed by atoms with E-state index < -0.39 is 11.9 Å². The Morgan fingerprint density at radius 3 is 2.74 bits per heavy atom. The minimum atomic E-state index is -0.919. The van der Waals surface area contributed by atoms with Gasteiger partial charge in [0.1, 0.15) is 5.82 Å². The van der Waals surface area contributed by atoms with Gasteiger partial charge in [-0.1, -0.05) is 6.07 Å². The van der Waals surface area contributed by atoms with Gasteiger partial charge < -0.3 is 10.4 Å². The fourth-order valence-electron chi connectivity index (χ4n) is 1.97. The number of aliphatic hydroxyl groups excluding tert-OH is 1. The molecular formula is C15H19FN2O. The maximum absolute atomic E-state index is 14.0. The second kappa shape index (κ2) is 5.23. The van der Waals surface area contributed by atoms with Crippen molar-refractivity contribution in [2.24, 2.45) is 0 Å². The van der Waals surface area contributed by atoms with Crippen molar-refractivity contribution in [3.8, 4) is 0 Å². The number of halogens is 1. The van der Waals surface area contributed by atoms with E-state index in [9.17, 15) is 9.50 Å². The summed E-state index contributed by atoms with van der Waals surface area (Å²) in [5.74, 6) is -0.422. The molecule has 0 spiro atoms. The Bertz CT molecular complexity index is 578. The van der Waals surface area contributed by atoms with Crippen molar-refractivity contribution >= 4 is 10.9 Å². The number of nitrogens with zero attached hydrogens (tertiary/aromatic N) is 1. The number of pyridine rings is 1. The van der Waals surface area contributed by atoms with E-state index in [1.54, 1.807) is 18.3 Å². The summed E-state index contributed by atoms with van der Waals surface area (Å²) in [7, 11) is 0. The molecule has 1 heterocycles. The number of hydrogen-bond acceptors (Lipinski definition) is 3. The normalized spacial score (nSPS) is 13.7. The molecule has 0 aliphatic rings. The number of aliphatic hydroxyl groups is 1. The molecule has 0 fully saturated rings. The van der Waals surface area contributed by atoms with Crippen molar-refractivity contribution in [1.82, 2.24) is 10.3 Å². The summed E-state index contributed by atoms with van der Waals surface area (Å²) in [5, 5.41) is 14.2. The first-order valence-electron chi connectivity index (χ1n) is 6.35. The zero-order valence-electron chi connectivity index (χ0n) is 11.4. The second-order valence-electron chi connectivity index (χ2n) is 5.68. The molecule has 1 aromatic heterocycles. The highest BCUT2D eigenvalue weighted by Gasteiger charge is 2.19. The van der Waals surface area contributed by atoms with E-state index in [1.165, 1.54) is 6.07 Å². The van der Waals surface area contributed by atoms with Crippen LogP contribution in [0.15, 0.2) is 30.5 Å². The first kappa shape index (κ1) is 13.9. The van der Waals surface area contributed by atoms with Gasteiger partial charge in [0, 0.05) is 29.2 Å². The summed E-state index contributed by atoms with van der Waals surface area (Å²) < 4.78 is 14.0. The lowest BCUT2D eigenvalue weighted by Crippen LogP contribution is -2.38. The number of hydrogen-bond donors (Lipinski definition) is 2. The predicted octanol–water partition coefficient (Wildman–Crippen LogP) is 2.80. The van der Waals surface area contributed by atoms with Crippen LogP contribution in [0.5, 0.6) is 0 Å². The molecule has 0 saturated heterocycles. The molecule has 102 valence electrons. The van der Waals surface area contributed by atoms with Crippen LogP contribution < -0.4 is 5.32 Å². The fraction of sp³-hybridized carbons (Fsp3) is 0.400. The predicted molar refractivity (Wildman–Crippen MR) is 74.4 cm³/mol. The Labute approximate surface area is 112 Å². The van der Waals surface area contributed by atoms with E-state index in [1.807, 2.05) is 26.8 Å². The van der Waals surface area contributed by atoms with Crippen molar-refractivity contribution in [2.45, 2.75) is 32.4 Å². The molecule has 0 amide bonds. The largest absolute Gasteiger partial charge is 0.387 e. The number of fused-ring (bicyclic) bond motifs is 1. The highest BCUT2D eigenvalue weighted by atomic mass is 19.1. The molecule has 19 heavy (non-hydrogen) atoms. The van der Waals surface area contributed by atoms with Crippen LogP contribution >= 0.6 is 0 Å². The molecule has 0 radical (unpaired) electrons. The molecular weight excluding hydrogens is 243 g/mol. The third kappa shape index (κ3) is 3.28. The van der Waals surface area contributed by atoms with Crippen molar-refractivity contribution in [1.29, 1.82) is 0 Å². The van der Waals surface area contributed by atoms with Gasteiger partial charge in [-0.25, -0.2) is 4.39 Å². The molecule has 2 rings (SSSR count). The first-order valence-corrected chi connectivity index (χ1v) is 6.35. The Morgan fingerprint density at radius 1 is 1.32 bits per heavy atom. The van der Waals surface area contributed by atoms with Gasteiger partial charge in [0.15, 0.2) is 0 Å². The molecule has 0 aliphatic heterocycles. The van der Waals surface area contributed by atoms with E-state index in [0.717, 1.165) is 5.39 Å². The van der Waals surface area contributed by atoms with E-state index in [-0.39, 0.29) is 17.6 Å². The SMILES string of the molecule is CC(C)(C)NC[C@@H](O)c1c(F)ccc2cccnc12. The molecule has 0 aliphatic carbocycles. The summed E-state index contributed by atoms with van der Waals surface area (Å²) in [6.07, 6.45) is 0.688. The van der Waals surface area contributed by atoms with Gasteiger partial charge in [0.2, 0.25) is 0 Å². The minimum absolute atomic E-state index is 0.129. The van der Waals surface area contributed by atoms with Gasteiger partial charge in [0.25, 0.3) is 0 Å². The van der Waals surface area contributed by atoms with Gasteiger partial charge in [0.05, 0.1) is 11.6 Å². The summed E-state index contributed by atoms with van der Waals surface area (Å²) in [4.78, 5) is 4.18. The lowest BCUT2D eigenvalue weighted by atomic mass is 10.0. The summed E-state index contributed by atoms with van der Waals surface area (Å²) >= 11 is 0. The Morgan fingerprint density at radius 2 is 2.05 bits per heavy atom. The first-order chi connectivity index (χ1) is 8.88. The molecule has 2 N–H and O–H groups in total. The maximum atomic E-state index is 14.0. The monoisotopic (exact) mass is 262 g/mol. The van der Waals surface area contributed by atoms with Crippen molar-refractivity contribution in [3.05, 3.63) is 41.8 Å². The number of rotatable bonds is 3. The topological polar surface area (TPSA) is 45.1 Å². The van der Waals surface area contributed by atoms with Gasteiger partial charge >= 0.3 is 0 Å². The number of benzene rings is 1. The Kier molecular flexibility index (Phi) is 3.83. The van der Waals surface area contributed by atoms with E-state index in [4.69, 9.17) is 0 Å². The van der Waals surface area contributed by atoms with Crippen molar-refractivity contribution < 1.29 is 9.50 Å². The van der Waals surface area contributed by atoms with Crippen LogP contribution in [0.3, 0.4) is 0 Å². The smallest absolute Gasteiger partial charge is 0.131 e. The van der Waals surface area contributed by atoms with Gasteiger partial charge in [-0.15, -0.1) is 0 Å². The third-order valence-corrected chi connectivity index (χ3v) is 2.92. The van der Waals surface area contributed by atoms with Crippen LogP contribution in [-0.4, -0.2) is 22.2 Å². The Hall–Kier alpha value is -1.52. The van der Waals surface area contributed by atoms with Crippen LogP contribution in [0.25, 0.3) is 10.9 Å². The van der Waals surface area contributed by atoms with Gasteiger partial charge in [-0.2, -0.15) is 0 Å². The number of β-amino-alcohol motifs (C(OH)–C–C–N with tert-alkyl or cyclic N) is 1. The van der Waals surface area contributed by atoms with E-state index >= 15 is 0 Å². The molecule has 0 saturated carbocycles. The minimum Gasteiger partial charge on any atom is -0.387 e. The summed E-state index contributed by atoms with van der Waals surface area (Å²) in [5.41, 5.74) is 0.649. The van der Waals surface area contributed by atoms with Crippen LogP contribution in [0.4, 0.5) is 4.39 Å². The van der Waals surface area contributed by atoms with Crippen LogP contribution in [0, 0.1) is 5.82 Å². The molecule has 2 aromatic rings. The van der Waals surface area contributed by atoms with Gasteiger partial charge in [-0.3, -0.25) is 4.98 Å². The standard InChI is InChI=1S/C15H19FN2O/c1-15(2,3)18-9-12(19)13-11(16)7-6-10-5-4-8-17-14(10)13/h4-8,12,18-19H,9H2,1-3H3/t12-/m1/s1. The quantitative estimate of drug-likeness (QED) is 0.894. The lowest BCUT2D eigenvalue weighted by Gasteiger charge is -2.23. The molecule has 1 atom stereocenters. The Balaban J connectivity index is 2.35. The van der Waals surface area contributed by atoms with E-state index in [0.29, 0.717) is 5.52 Å². The van der Waals surface area contributed by atoms with E-state index in [2.05, 4.69) is 10.3 Å². The number of aromatic nitrogens is 1. The molecule has 4 heteroatoms. The highest BCUT2D eigenvalue weighted by molar-refractivity contribution is 5.82.